The van der Waals surface area contributed by atoms with Crippen molar-refractivity contribution in [3.8, 4) is 0 Å². The molecule has 96 valence electrons. The number of hydrogen-bond donors (Lipinski definition) is 1. The Kier molecular flexibility index (Phi) is 3.99. The molecule has 0 saturated heterocycles. The van der Waals surface area contributed by atoms with Gasteiger partial charge in [0.1, 0.15) is 0 Å². The minimum Gasteiger partial charge on any atom is -0.468 e. The van der Waals surface area contributed by atoms with Crippen LogP contribution in [0.3, 0.4) is 0 Å². The number of thiophene rings is 1. The summed E-state index contributed by atoms with van der Waals surface area (Å²) in [6, 6.07) is 8.52. The van der Waals surface area contributed by atoms with E-state index in [2.05, 4.69) is 48.2 Å². The highest BCUT2D eigenvalue weighted by Crippen LogP contribution is 2.34. The largest absolute Gasteiger partial charge is 0.468 e. The van der Waals surface area contributed by atoms with Crippen LogP contribution in [0.15, 0.2) is 24.3 Å². The molecule has 1 aromatic heterocycles. The van der Waals surface area contributed by atoms with Crippen LogP contribution in [0, 0.1) is 6.92 Å². The Bertz CT molecular complexity index is 562. The fourth-order valence-corrected chi connectivity index (χ4v) is 3.25. The molecular formula is C14H17NO2S. The van der Waals surface area contributed by atoms with Crippen LogP contribution in [-0.2, 0) is 9.53 Å². The second-order valence-electron chi connectivity index (χ2n) is 4.27. The molecule has 1 N–H and O–H groups in total. The summed E-state index contributed by atoms with van der Waals surface area (Å²) in [6.45, 7) is 4.44. The number of fused-ring (bicyclic) bond motifs is 1. The number of hydrogen-bond acceptors (Lipinski definition) is 4. The van der Waals surface area contributed by atoms with Crippen molar-refractivity contribution in [3.63, 3.8) is 0 Å². The molecule has 1 heterocycles. The van der Waals surface area contributed by atoms with Crippen LogP contribution < -0.4 is 5.32 Å². The number of esters is 1. The van der Waals surface area contributed by atoms with E-state index in [-0.39, 0.29) is 18.6 Å². The Morgan fingerprint density at radius 2 is 2.17 bits per heavy atom. The van der Waals surface area contributed by atoms with Crippen molar-refractivity contribution in [2.75, 3.05) is 13.7 Å². The van der Waals surface area contributed by atoms with Gasteiger partial charge in [0, 0.05) is 15.6 Å². The maximum absolute atomic E-state index is 11.1. The van der Waals surface area contributed by atoms with Crippen molar-refractivity contribution in [2.24, 2.45) is 0 Å². The van der Waals surface area contributed by atoms with Crippen LogP contribution in [-0.4, -0.2) is 19.6 Å². The Morgan fingerprint density at radius 1 is 1.44 bits per heavy atom. The minimum absolute atomic E-state index is 0.154. The molecule has 1 atom stereocenters. The normalized spacial score (nSPS) is 12.6. The zero-order chi connectivity index (χ0) is 13.1. The van der Waals surface area contributed by atoms with Crippen molar-refractivity contribution in [1.29, 1.82) is 0 Å². The molecule has 0 aliphatic carbocycles. The van der Waals surface area contributed by atoms with Gasteiger partial charge in [0.25, 0.3) is 0 Å². The van der Waals surface area contributed by atoms with Crippen LogP contribution in [0.25, 0.3) is 10.1 Å². The number of carbonyl (C=O) groups excluding carboxylic acids is 1. The lowest BCUT2D eigenvalue weighted by Gasteiger charge is -2.12. The molecule has 0 saturated carbocycles. The maximum atomic E-state index is 11.1. The highest BCUT2D eigenvalue weighted by atomic mass is 32.1. The smallest absolute Gasteiger partial charge is 0.319 e. The van der Waals surface area contributed by atoms with E-state index >= 15 is 0 Å². The fraction of sp³-hybridized carbons (Fsp3) is 0.357. The average Bonchev–Trinajstić information content (AvgIpc) is 2.73. The summed E-state index contributed by atoms with van der Waals surface area (Å²) in [5, 5.41) is 4.48. The van der Waals surface area contributed by atoms with Gasteiger partial charge in [-0.05, 0) is 30.9 Å². The first-order chi connectivity index (χ1) is 8.63. The monoisotopic (exact) mass is 263 g/mol. The van der Waals surface area contributed by atoms with E-state index in [4.69, 9.17) is 0 Å². The van der Waals surface area contributed by atoms with E-state index in [1.54, 1.807) is 11.3 Å². The molecule has 0 fully saturated rings. The van der Waals surface area contributed by atoms with Crippen LogP contribution in [0.4, 0.5) is 0 Å². The first-order valence-electron chi connectivity index (χ1n) is 5.91. The van der Waals surface area contributed by atoms with Gasteiger partial charge < -0.3 is 4.74 Å². The number of methoxy groups -OCH3 is 1. The molecule has 0 aliphatic rings. The summed E-state index contributed by atoms with van der Waals surface area (Å²) in [4.78, 5) is 12.4. The maximum Gasteiger partial charge on any atom is 0.319 e. The first-order valence-corrected chi connectivity index (χ1v) is 6.73. The Hall–Kier alpha value is -1.39. The molecule has 0 radical (unpaired) electrons. The quantitative estimate of drug-likeness (QED) is 0.862. The molecule has 0 aliphatic heterocycles. The Balaban J connectivity index is 2.20. The number of rotatable bonds is 4. The van der Waals surface area contributed by atoms with Crippen molar-refractivity contribution in [1.82, 2.24) is 5.32 Å². The summed E-state index contributed by atoms with van der Waals surface area (Å²) in [7, 11) is 1.40. The van der Waals surface area contributed by atoms with Crippen LogP contribution in [0.2, 0.25) is 0 Å². The average molecular weight is 263 g/mol. The number of ether oxygens (including phenoxy) is 1. The summed E-state index contributed by atoms with van der Waals surface area (Å²) in [5.74, 6) is -0.236. The highest BCUT2D eigenvalue weighted by molar-refractivity contribution is 7.19. The lowest BCUT2D eigenvalue weighted by Crippen LogP contribution is -2.26. The number of carbonyl (C=O) groups is 1. The number of aryl methyl sites for hydroxylation is 1. The molecular weight excluding hydrogens is 246 g/mol. The first kappa shape index (κ1) is 13.1. The molecule has 4 heteroatoms. The van der Waals surface area contributed by atoms with E-state index in [1.807, 2.05) is 0 Å². The Morgan fingerprint density at radius 3 is 2.83 bits per heavy atom. The van der Waals surface area contributed by atoms with Gasteiger partial charge in [0.15, 0.2) is 0 Å². The van der Waals surface area contributed by atoms with E-state index in [0.29, 0.717) is 0 Å². The summed E-state index contributed by atoms with van der Waals surface area (Å²) < 4.78 is 5.92. The van der Waals surface area contributed by atoms with Gasteiger partial charge in [-0.15, -0.1) is 11.3 Å². The van der Waals surface area contributed by atoms with Gasteiger partial charge in [0.05, 0.1) is 13.7 Å². The lowest BCUT2D eigenvalue weighted by atomic mass is 10.1. The van der Waals surface area contributed by atoms with Gasteiger partial charge in [-0.1, -0.05) is 18.2 Å². The Labute approximate surface area is 111 Å². The summed E-state index contributed by atoms with van der Waals surface area (Å²) in [6.07, 6.45) is 0. The topological polar surface area (TPSA) is 38.3 Å². The molecule has 3 nitrogen and oxygen atoms in total. The standard InChI is InChI=1S/C14H17NO2S/c1-9-11-6-4-5-7-12(11)18-14(9)10(2)15-8-13(16)17-3/h4-7,10,15H,8H2,1-3H3. The molecule has 0 amide bonds. The van der Waals surface area contributed by atoms with Crippen LogP contribution in [0.1, 0.15) is 23.4 Å². The van der Waals surface area contributed by atoms with Crippen LogP contribution in [0.5, 0.6) is 0 Å². The second kappa shape index (κ2) is 5.50. The number of nitrogens with one attached hydrogen (secondary N) is 1. The van der Waals surface area contributed by atoms with Gasteiger partial charge >= 0.3 is 5.97 Å². The zero-order valence-electron chi connectivity index (χ0n) is 10.8. The summed E-state index contributed by atoms with van der Waals surface area (Å²) in [5.41, 5.74) is 1.29. The van der Waals surface area contributed by atoms with E-state index in [0.717, 1.165) is 0 Å². The van der Waals surface area contributed by atoms with Gasteiger partial charge in [-0.2, -0.15) is 0 Å². The van der Waals surface area contributed by atoms with Crippen molar-refractivity contribution in [3.05, 3.63) is 34.7 Å². The van der Waals surface area contributed by atoms with Gasteiger partial charge in [0.2, 0.25) is 0 Å². The van der Waals surface area contributed by atoms with Crippen molar-refractivity contribution < 1.29 is 9.53 Å². The molecule has 1 unspecified atom stereocenters. The van der Waals surface area contributed by atoms with Gasteiger partial charge in [-0.25, -0.2) is 0 Å². The molecule has 1 aromatic carbocycles. The molecule has 2 aromatic rings. The van der Waals surface area contributed by atoms with E-state index in [9.17, 15) is 4.79 Å². The summed E-state index contributed by atoms with van der Waals surface area (Å²) >= 11 is 1.78. The fourth-order valence-electron chi connectivity index (χ4n) is 2.01. The van der Waals surface area contributed by atoms with E-state index in [1.165, 1.54) is 27.6 Å². The van der Waals surface area contributed by atoms with Crippen molar-refractivity contribution in [2.45, 2.75) is 19.9 Å². The highest BCUT2D eigenvalue weighted by Gasteiger charge is 2.14. The zero-order valence-corrected chi connectivity index (χ0v) is 11.6. The lowest BCUT2D eigenvalue weighted by molar-refractivity contribution is -0.139. The molecule has 18 heavy (non-hydrogen) atoms. The predicted octanol–water partition coefficient (Wildman–Crippen LogP) is 3.03. The minimum atomic E-state index is -0.236. The third-order valence-electron chi connectivity index (χ3n) is 3.05. The second-order valence-corrected chi connectivity index (χ2v) is 5.35. The molecule has 0 spiro atoms. The van der Waals surface area contributed by atoms with Crippen LogP contribution >= 0.6 is 11.3 Å². The predicted molar refractivity (Wildman–Crippen MR) is 75.0 cm³/mol. The molecule has 2 rings (SSSR count). The third kappa shape index (κ3) is 2.54. The van der Waals surface area contributed by atoms with E-state index < -0.39 is 0 Å². The third-order valence-corrected chi connectivity index (χ3v) is 4.51. The SMILES string of the molecule is COC(=O)CNC(C)c1sc2ccccc2c1C. The van der Waals surface area contributed by atoms with Gasteiger partial charge in [-0.3, -0.25) is 10.1 Å². The number of benzene rings is 1. The van der Waals surface area contributed by atoms with Crippen molar-refractivity contribution >= 4 is 27.4 Å². The molecule has 0 bridgehead atoms.